The van der Waals surface area contributed by atoms with Crippen LogP contribution in [-0.2, 0) is 14.4 Å². The zero-order chi connectivity index (χ0) is 10.6. The van der Waals surface area contributed by atoms with Gasteiger partial charge in [0.15, 0.2) is 0 Å². The van der Waals surface area contributed by atoms with E-state index in [1.165, 1.54) is 12.2 Å². The molecule has 0 aromatic carbocycles. The summed E-state index contributed by atoms with van der Waals surface area (Å²) >= 11 is 17.3. The minimum Gasteiger partial charge on any atom is -0.323 e. The fourth-order valence-corrected chi connectivity index (χ4v) is 2.12. The molecule has 0 radical (unpaired) electrons. The fourth-order valence-electron chi connectivity index (χ4n) is 1.27. The molecule has 0 aromatic rings. The van der Waals surface area contributed by atoms with Crippen molar-refractivity contribution in [1.29, 1.82) is 0 Å². The molecular weight excluding hydrogens is 254 g/mol. The highest BCUT2D eigenvalue weighted by molar-refractivity contribution is 6.47. The Morgan fingerprint density at radius 1 is 1.57 bits per heavy atom. The molecule has 1 N–H and O–H groups in total. The second kappa shape index (κ2) is 2.87. The first-order valence-electron chi connectivity index (χ1n) is 3.48. The van der Waals surface area contributed by atoms with Gasteiger partial charge in [-0.05, 0) is 12.2 Å². The van der Waals surface area contributed by atoms with E-state index in [0.717, 1.165) is 0 Å². The molecule has 2 atom stereocenters. The first kappa shape index (κ1) is 10.3. The molecule has 1 aliphatic heterocycles. The number of hydrogen-bond acceptors (Lipinski definition) is 4. The summed E-state index contributed by atoms with van der Waals surface area (Å²) in [6.07, 6.45) is 2.64. The van der Waals surface area contributed by atoms with E-state index in [9.17, 15) is 4.79 Å². The minimum atomic E-state index is -1.56. The van der Waals surface area contributed by atoms with Gasteiger partial charge >= 0.3 is 5.97 Å². The molecule has 0 saturated carbocycles. The van der Waals surface area contributed by atoms with E-state index in [2.05, 4.69) is 4.89 Å². The maximum atomic E-state index is 11.1. The predicted octanol–water partition coefficient (Wildman–Crippen LogP) is 1.97. The van der Waals surface area contributed by atoms with Crippen LogP contribution < -0.4 is 0 Å². The van der Waals surface area contributed by atoms with Crippen LogP contribution in [0.2, 0.25) is 0 Å². The molecule has 0 amide bonds. The summed E-state index contributed by atoms with van der Waals surface area (Å²) in [4.78, 5) is 14.7. The summed E-state index contributed by atoms with van der Waals surface area (Å²) in [6, 6.07) is 0. The number of epoxide rings is 1. The number of carbonyl (C=O) groups is 1. The molecule has 2 aliphatic rings. The van der Waals surface area contributed by atoms with Crippen molar-refractivity contribution >= 4 is 40.8 Å². The molecule has 0 aromatic heterocycles. The molecule has 2 unspecified atom stereocenters. The lowest BCUT2D eigenvalue weighted by atomic mass is 10.0. The van der Waals surface area contributed by atoms with Gasteiger partial charge in [-0.1, -0.05) is 34.8 Å². The number of halogens is 3. The van der Waals surface area contributed by atoms with Gasteiger partial charge in [0.25, 0.3) is 0 Å². The van der Waals surface area contributed by atoms with Crippen LogP contribution in [0.15, 0.2) is 22.2 Å². The standard InChI is InChI=1S/C7H3Cl3O4/c8-3-1-2-6(5(11)13-12)7(10,14-6)4(3)9/h1-2,12H. The van der Waals surface area contributed by atoms with Crippen LogP contribution in [0, 0.1) is 0 Å². The average molecular weight is 257 g/mol. The van der Waals surface area contributed by atoms with Gasteiger partial charge in [-0.15, -0.1) is 0 Å². The average Bonchev–Trinajstić information content (AvgIpc) is 2.81. The second-order valence-corrected chi connectivity index (χ2v) is 4.12. The van der Waals surface area contributed by atoms with Gasteiger partial charge in [-0.2, -0.15) is 5.26 Å². The number of hydrogen-bond donors (Lipinski definition) is 1. The van der Waals surface area contributed by atoms with Crippen molar-refractivity contribution in [2.75, 3.05) is 0 Å². The van der Waals surface area contributed by atoms with E-state index >= 15 is 0 Å². The quantitative estimate of drug-likeness (QED) is 0.338. The van der Waals surface area contributed by atoms with Crippen LogP contribution in [-0.4, -0.2) is 21.9 Å². The topological polar surface area (TPSA) is 59.1 Å². The largest absolute Gasteiger partial charge is 0.382 e. The first-order valence-corrected chi connectivity index (χ1v) is 4.61. The minimum absolute atomic E-state index is 0.00580. The molecule has 1 saturated heterocycles. The summed E-state index contributed by atoms with van der Waals surface area (Å²) < 4.78 is 4.96. The lowest BCUT2D eigenvalue weighted by Crippen LogP contribution is -2.32. The van der Waals surface area contributed by atoms with Crippen LogP contribution >= 0.6 is 34.8 Å². The molecule has 76 valence electrons. The van der Waals surface area contributed by atoms with Gasteiger partial charge < -0.3 is 4.74 Å². The maximum Gasteiger partial charge on any atom is 0.382 e. The predicted molar refractivity (Wildman–Crippen MR) is 49.0 cm³/mol. The molecule has 1 aliphatic carbocycles. The van der Waals surface area contributed by atoms with Crippen molar-refractivity contribution in [1.82, 2.24) is 0 Å². The van der Waals surface area contributed by atoms with E-state index in [-0.39, 0.29) is 10.1 Å². The van der Waals surface area contributed by atoms with E-state index < -0.39 is 16.6 Å². The van der Waals surface area contributed by atoms with Gasteiger partial charge in [0.05, 0.1) is 10.1 Å². The molecule has 14 heavy (non-hydrogen) atoms. The van der Waals surface area contributed by atoms with Crippen LogP contribution in [0.3, 0.4) is 0 Å². The Balaban J connectivity index is 2.42. The summed E-state index contributed by atoms with van der Waals surface area (Å²) in [5.74, 6) is -1.04. The Bertz CT molecular complexity index is 377. The molecule has 1 heterocycles. The number of ether oxygens (including phenoxy) is 1. The zero-order valence-corrected chi connectivity index (χ0v) is 8.73. The van der Waals surface area contributed by atoms with Crippen molar-refractivity contribution < 1.29 is 19.7 Å². The molecule has 4 nitrogen and oxygen atoms in total. The number of rotatable bonds is 1. The Morgan fingerprint density at radius 2 is 2.21 bits per heavy atom. The lowest BCUT2D eigenvalue weighted by Gasteiger charge is -2.12. The van der Waals surface area contributed by atoms with Gasteiger partial charge in [0.1, 0.15) is 0 Å². The van der Waals surface area contributed by atoms with Crippen LogP contribution in [0.1, 0.15) is 0 Å². The molecule has 0 bridgehead atoms. The van der Waals surface area contributed by atoms with Gasteiger partial charge in [0, 0.05) is 0 Å². The molecule has 2 rings (SSSR count). The van der Waals surface area contributed by atoms with Crippen LogP contribution in [0.5, 0.6) is 0 Å². The number of alkyl halides is 1. The number of allylic oxidation sites excluding steroid dienone is 2. The Morgan fingerprint density at radius 3 is 2.79 bits per heavy atom. The van der Waals surface area contributed by atoms with E-state index in [0.29, 0.717) is 0 Å². The molecule has 1 fully saturated rings. The van der Waals surface area contributed by atoms with Gasteiger partial charge in [-0.3, -0.25) is 4.89 Å². The van der Waals surface area contributed by atoms with Crippen molar-refractivity contribution in [3.63, 3.8) is 0 Å². The molecular formula is C7H3Cl3O4. The number of carbonyl (C=O) groups excluding carboxylic acids is 1. The SMILES string of the molecule is O=C(OO)C12C=CC(Cl)=C(Cl)C1(Cl)O2. The third-order valence-electron chi connectivity index (χ3n) is 2.08. The smallest absolute Gasteiger partial charge is 0.323 e. The Kier molecular flexibility index (Phi) is 2.10. The molecule has 7 heteroatoms. The highest BCUT2D eigenvalue weighted by Crippen LogP contribution is 2.61. The highest BCUT2D eigenvalue weighted by atomic mass is 35.5. The Hall–Kier alpha value is -0.260. The van der Waals surface area contributed by atoms with E-state index in [1.54, 1.807) is 0 Å². The summed E-state index contributed by atoms with van der Waals surface area (Å²) in [5.41, 5.74) is -1.56. The normalized spacial score (nSPS) is 39.4. The Labute approximate surface area is 93.6 Å². The summed E-state index contributed by atoms with van der Waals surface area (Å²) in [6.45, 7) is 0. The van der Waals surface area contributed by atoms with Crippen molar-refractivity contribution in [3.05, 3.63) is 22.2 Å². The zero-order valence-electron chi connectivity index (χ0n) is 6.46. The van der Waals surface area contributed by atoms with Crippen LogP contribution in [0.25, 0.3) is 0 Å². The summed E-state index contributed by atoms with van der Waals surface area (Å²) in [7, 11) is 0. The van der Waals surface area contributed by atoms with Crippen molar-refractivity contribution in [2.24, 2.45) is 0 Å². The van der Waals surface area contributed by atoms with Crippen LogP contribution in [0.4, 0.5) is 0 Å². The summed E-state index contributed by atoms with van der Waals surface area (Å²) in [5, 5.41) is 6.87. The van der Waals surface area contributed by atoms with Gasteiger partial charge in [0.2, 0.25) is 10.7 Å². The first-order chi connectivity index (χ1) is 6.48. The maximum absolute atomic E-state index is 11.1. The lowest BCUT2D eigenvalue weighted by molar-refractivity contribution is -0.238. The fraction of sp³-hybridized carbons (Fsp3) is 0.286. The second-order valence-electron chi connectivity index (χ2n) is 2.81. The van der Waals surface area contributed by atoms with Gasteiger partial charge in [-0.25, -0.2) is 4.79 Å². The third-order valence-corrected chi connectivity index (χ3v) is 3.61. The molecule has 0 spiro atoms. The highest BCUT2D eigenvalue weighted by Gasteiger charge is 2.78. The number of fused-ring (bicyclic) bond motifs is 1. The monoisotopic (exact) mass is 256 g/mol. The van der Waals surface area contributed by atoms with Crippen molar-refractivity contribution in [3.8, 4) is 0 Å². The van der Waals surface area contributed by atoms with E-state index in [1.807, 2.05) is 0 Å². The third kappa shape index (κ3) is 1.00. The van der Waals surface area contributed by atoms with E-state index in [4.69, 9.17) is 44.8 Å². The van der Waals surface area contributed by atoms with Crippen molar-refractivity contribution in [2.45, 2.75) is 10.7 Å².